The summed E-state index contributed by atoms with van der Waals surface area (Å²) in [6.07, 6.45) is 1.51. The fourth-order valence-electron chi connectivity index (χ4n) is 1.21. The normalized spacial score (nSPS) is 9.29. The summed E-state index contributed by atoms with van der Waals surface area (Å²) in [5.41, 5.74) is 1.29. The lowest BCUT2D eigenvalue weighted by molar-refractivity contribution is 1.26. The predicted molar refractivity (Wildman–Crippen MR) is 49.0 cm³/mol. The number of fused-ring (bicyclic) bond motifs is 1. The van der Waals surface area contributed by atoms with Crippen LogP contribution in [0.3, 0.4) is 0 Å². The smallest absolute Gasteiger partial charge is 0.149 e. The lowest BCUT2D eigenvalue weighted by Crippen LogP contribution is -1.89. The Morgan fingerprint density at radius 3 is 2.64 bits per heavy atom. The molecule has 2 rings (SSSR count). The van der Waals surface area contributed by atoms with Crippen LogP contribution in [0.25, 0.3) is 10.9 Å². The molecule has 0 aromatic carbocycles. The molecule has 64 valence electrons. The predicted octanol–water partition coefficient (Wildman–Crippen LogP) is 1.37. The minimum atomic E-state index is 0.333. The summed E-state index contributed by atoms with van der Waals surface area (Å²) in [5, 5.41) is 18.1. The highest BCUT2D eigenvalue weighted by atomic mass is 14.7. The van der Waals surface area contributed by atoms with Crippen molar-refractivity contribution in [3.8, 4) is 12.1 Å². The molecule has 0 aliphatic carbocycles. The van der Waals surface area contributed by atoms with Crippen molar-refractivity contribution >= 4 is 10.9 Å². The van der Waals surface area contributed by atoms with Crippen molar-refractivity contribution in [1.82, 2.24) is 9.97 Å². The molecule has 0 unspecified atom stereocenters. The molecule has 0 fully saturated rings. The van der Waals surface area contributed by atoms with Crippen molar-refractivity contribution in [2.24, 2.45) is 0 Å². The number of nitrogens with zero attached hydrogens (tertiary/aromatic N) is 4. The maximum atomic E-state index is 8.76. The fourth-order valence-corrected chi connectivity index (χ4v) is 1.21. The topological polar surface area (TPSA) is 73.4 Å². The lowest BCUT2D eigenvalue weighted by Gasteiger charge is -1.97. The van der Waals surface area contributed by atoms with E-state index in [1.807, 2.05) is 12.1 Å². The molecule has 0 N–H and O–H groups in total. The van der Waals surface area contributed by atoms with E-state index in [9.17, 15) is 0 Å². The molecule has 4 nitrogen and oxygen atoms in total. The maximum Gasteiger partial charge on any atom is 0.149 e. The van der Waals surface area contributed by atoms with Crippen molar-refractivity contribution in [3.05, 3.63) is 35.8 Å². The van der Waals surface area contributed by atoms with Gasteiger partial charge in [-0.1, -0.05) is 0 Å². The van der Waals surface area contributed by atoms with Crippen LogP contribution in [0.4, 0.5) is 0 Å². The highest BCUT2D eigenvalue weighted by Crippen LogP contribution is 2.14. The van der Waals surface area contributed by atoms with Crippen LogP contribution in [0, 0.1) is 22.7 Å². The number of pyridine rings is 2. The van der Waals surface area contributed by atoms with E-state index >= 15 is 0 Å². The van der Waals surface area contributed by atoms with Gasteiger partial charge in [0.1, 0.15) is 23.5 Å². The maximum absolute atomic E-state index is 8.76. The summed E-state index contributed by atoms with van der Waals surface area (Å²) in [5.74, 6) is 0. The van der Waals surface area contributed by atoms with Crippen molar-refractivity contribution < 1.29 is 0 Å². The van der Waals surface area contributed by atoms with Gasteiger partial charge in [0.2, 0.25) is 0 Å². The molecule has 14 heavy (non-hydrogen) atoms. The number of hydrogen-bond donors (Lipinski definition) is 0. The number of aromatic nitrogens is 2. The number of nitriles is 2. The summed E-state index contributed by atoms with van der Waals surface area (Å²) in [6.45, 7) is 0. The molecule has 4 heteroatoms. The standard InChI is InChI=1S/C10H4N4/c11-5-7-1-2-8-9(14-7)3-4-13-10(8)6-12/h1-4H. The molecule has 0 bridgehead atoms. The van der Waals surface area contributed by atoms with Crippen molar-refractivity contribution in [3.63, 3.8) is 0 Å². The average molecular weight is 180 g/mol. The Labute approximate surface area is 80.1 Å². The zero-order chi connectivity index (χ0) is 9.97. The molecule has 0 saturated heterocycles. The van der Waals surface area contributed by atoms with Crippen LogP contribution in [-0.4, -0.2) is 9.97 Å². The minimum Gasteiger partial charge on any atom is -0.245 e. The fraction of sp³-hybridized carbons (Fsp3) is 0. The van der Waals surface area contributed by atoms with Crippen LogP contribution >= 0.6 is 0 Å². The molecule has 0 atom stereocenters. The van der Waals surface area contributed by atoms with E-state index < -0.39 is 0 Å². The van der Waals surface area contributed by atoms with Crippen LogP contribution in [0.2, 0.25) is 0 Å². The second-order valence-electron chi connectivity index (χ2n) is 2.65. The van der Waals surface area contributed by atoms with Crippen LogP contribution in [0.15, 0.2) is 24.4 Å². The van der Waals surface area contributed by atoms with Gasteiger partial charge in [0.05, 0.1) is 5.52 Å². The van der Waals surface area contributed by atoms with Crippen LogP contribution in [0.1, 0.15) is 11.4 Å². The summed E-state index contributed by atoms with van der Waals surface area (Å²) < 4.78 is 0. The molecule has 2 aromatic heterocycles. The van der Waals surface area contributed by atoms with Crippen LogP contribution in [0.5, 0.6) is 0 Å². The average Bonchev–Trinajstić information content (AvgIpc) is 2.27. The van der Waals surface area contributed by atoms with Crippen LogP contribution in [-0.2, 0) is 0 Å². The third-order valence-corrected chi connectivity index (χ3v) is 1.84. The molecular weight excluding hydrogens is 176 g/mol. The summed E-state index contributed by atoms with van der Waals surface area (Å²) in [6, 6.07) is 8.85. The molecule has 0 aliphatic rings. The van der Waals surface area contributed by atoms with E-state index in [-0.39, 0.29) is 0 Å². The number of rotatable bonds is 0. The summed E-state index contributed by atoms with van der Waals surface area (Å²) in [4.78, 5) is 7.95. The van der Waals surface area contributed by atoms with Crippen LogP contribution < -0.4 is 0 Å². The van der Waals surface area contributed by atoms with Gasteiger partial charge in [-0.15, -0.1) is 0 Å². The Bertz CT molecular complexity index is 575. The Morgan fingerprint density at radius 1 is 1.07 bits per heavy atom. The number of hydrogen-bond acceptors (Lipinski definition) is 4. The lowest BCUT2D eigenvalue weighted by atomic mass is 10.2. The molecule has 2 aromatic rings. The quantitative estimate of drug-likeness (QED) is 0.613. The Kier molecular flexibility index (Phi) is 1.82. The van der Waals surface area contributed by atoms with Gasteiger partial charge in [-0.05, 0) is 18.2 Å². The first-order valence-electron chi connectivity index (χ1n) is 3.91. The minimum absolute atomic E-state index is 0.333. The highest BCUT2D eigenvalue weighted by Gasteiger charge is 2.02. The first-order chi connectivity index (χ1) is 6.85. The highest BCUT2D eigenvalue weighted by molar-refractivity contribution is 5.83. The first-order valence-corrected chi connectivity index (χ1v) is 3.91. The van der Waals surface area contributed by atoms with Gasteiger partial charge in [0.25, 0.3) is 0 Å². The van der Waals surface area contributed by atoms with Crippen molar-refractivity contribution in [2.45, 2.75) is 0 Å². The van der Waals surface area contributed by atoms with Crippen molar-refractivity contribution in [2.75, 3.05) is 0 Å². The molecule has 0 saturated carbocycles. The molecule has 0 amide bonds. The summed E-state index contributed by atoms with van der Waals surface area (Å²) >= 11 is 0. The van der Waals surface area contributed by atoms with Gasteiger partial charge in [0.15, 0.2) is 0 Å². The van der Waals surface area contributed by atoms with Gasteiger partial charge >= 0.3 is 0 Å². The zero-order valence-electron chi connectivity index (χ0n) is 7.10. The van der Waals surface area contributed by atoms with Gasteiger partial charge in [-0.2, -0.15) is 10.5 Å². The van der Waals surface area contributed by atoms with Gasteiger partial charge < -0.3 is 0 Å². The second kappa shape index (κ2) is 3.12. The van der Waals surface area contributed by atoms with E-state index in [0.717, 1.165) is 0 Å². The first kappa shape index (κ1) is 8.15. The molecular formula is C10H4N4. The Hall–Kier alpha value is -2.46. The van der Waals surface area contributed by atoms with Gasteiger partial charge in [-0.3, -0.25) is 0 Å². The Balaban J connectivity index is 2.83. The van der Waals surface area contributed by atoms with Gasteiger partial charge in [-0.25, -0.2) is 9.97 Å². The monoisotopic (exact) mass is 180 g/mol. The van der Waals surface area contributed by atoms with E-state index in [0.29, 0.717) is 22.3 Å². The van der Waals surface area contributed by atoms with E-state index in [1.54, 1.807) is 18.2 Å². The zero-order valence-corrected chi connectivity index (χ0v) is 7.10. The molecule has 2 heterocycles. The third kappa shape index (κ3) is 1.16. The SMILES string of the molecule is N#Cc1ccc2c(C#N)nccc2n1. The largest absolute Gasteiger partial charge is 0.245 e. The third-order valence-electron chi connectivity index (χ3n) is 1.84. The molecule has 0 radical (unpaired) electrons. The van der Waals surface area contributed by atoms with E-state index in [2.05, 4.69) is 9.97 Å². The van der Waals surface area contributed by atoms with E-state index in [4.69, 9.17) is 10.5 Å². The summed E-state index contributed by atoms with van der Waals surface area (Å²) in [7, 11) is 0. The Morgan fingerprint density at radius 2 is 1.93 bits per heavy atom. The van der Waals surface area contributed by atoms with E-state index in [1.165, 1.54) is 6.20 Å². The molecule has 0 spiro atoms. The second-order valence-corrected chi connectivity index (χ2v) is 2.65. The van der Waals surface area contributed by atoms with Gasteiger partial charge in [0, 0.05) is 11.6 Å². The van der Waals surface area contributed by atoms with Crippen molar-refractivity contribution in [1.29, 1.82) is 10.5 Å². The molecule has 0 aliphatic heterocycles.